The fraction of sp³-hybridized carbons (Fsp3) is 0.714. The molecular weight excluding hydrogens is 306 g/mol. The Bertz CT molecular complexity index is 486. The Morgan fingerprint density at radius 3 is 2.95 bits per heavy atom. The second kappa shape index (κ2) is 6.55. The molecule has 19 heavy (non-hydrogen) atoms. The molecule has 2 unspecified atom stereocenters. The van der Waals surface area contributed by atoms with Crippen molar-refractivity contribution in [2.75, 3.05) is 5.32 Å². The highest BCUT2D eigenvalue weighted by Gasteiger charge is 2.21. The normalized spacial score (nSPS) is 23.3. The number of hydrogen-bond donors (Lipinski definition) is 1. The molecule has 0 saturated heterocycles. The summed E-state index contributed by atoms with van der Waals surface area (Å²) in [5.41, 5.74) is 0.770. The molecule has 1 aliphatic rings. The second-order valence-corrected chi connectivity index (χ2v) is 6.07. The smallest absolute Gasteiger partial charge is 0.283 e. The predicted molar refractivity (Wildman–Crippen MR) is 81.5 cm³/mol. The molecule has 4 nitrogen and oxygen atoms in total. The predicted octanol–water partition coefficient (Wildman–Crippen LogP) is 3.41. The van der Waals surface area contributed by atoms with Crippen LogP contribution < -0.4 is 10.9 Å². The van der Waals surface area contributed by atoms with Gasteiger partial charge in [0.25, 0.3) is 5.56 Å². The van der Waals surface area contributed by atoms with E-state index in [1.165, 1.54) is 36.8 Å². The molecule has 1 aromatic heterocycles. The van der Waals surface area contributed by atoms with E-state index in [-0.39, 0.29) is 5.56 Å². The number of hydrogen-bond acceptors (Lipinski definition) is 3. The van der Waals surface area contributed by atoms with Crippen LogP contribution in [0.4, 0.5) is 5.69 Å². The van der Waals surface area contributed by atoms with Gasteiger partial charge in [0.05, 0.1) is 11.9 Å². The fourth-order valence-electron chi connectivity index (χ4n) is 2.80. The number of aromatic nitrogens is 2. The third-order valence-corrected chi connectivity index (χ3v) is 4.77. The number of aryl methyl sites for hydroxylation is 1. The van der Waals surface area contributed by atoms with Crippen LogP contribution in [0.25, 0.3) is 0 Å². The van der Waals surface area contributed by atoms with Gasteiger partial charge in [-0.15, -0.1) is 0 Å². The summed E-state index contributed by atoms with van der Waals surface area (Å²) in [6.07, 6.45) is 7.98. The van der Waals surface area contributed by atoms with Gasteiger partial charge in [-0.05, 0) is 41.6 Å². The molecule has 106 valence electrons. The van der Waals surface area contributed by atoms with Crippen molar-refractivity contribution in [3.63, 3.8) is 0 Å². The Balaban J connectivity index is 2.11. The van der Waals surface area contributed by atoms with Crippen LogP contribution in [-0.4, -0.2) is 15.8 Å². The summed E-state index contributed by atoms with van der Waals surface area (Å²) in [5.74, 6) is 0.814. The maximum absolute atomic E-state index is 12.0. The van der Waals surface area contributed by atoms with E-state index in [9.17, 15) is 4.79 Å². The van der Waals surface area contributed by atoms with Crippen molar-refractivity contribution in [2.24, 2.45) is 5.92 Å². The Morgan fingerprint density at radius 2 is 2.26 bits per heavy atom. The van der Waals surface area contributed by atoms with Crippen molar-refractivity contribution in [3.05, 3.63) is 21.0 Å². The molecule has 0 amide bonds. The summed E-state index contributed by atoms with van der Waals surface area (Å²) in [4.78, 5) is 12.0. The van der Waals surface area contributed by atoms with Crippen molar-refractivity contribution in [2.45, 2.75) is 58.5 Å². The van der Waals surface area contributed by atoms with Gasteiger partial charge in [-0.1, -0.05) is 26.2 Å². The maximum atomic E-state index is 12.0. The Hall–Kier alpha value is -0.840. The van der Waals surface area contributed by atoms with Crippen molar-refractivity contribution in [1.29, 1.82) is 0 Å². The van der Waals surface area contributed by atoms with Gasteiger partial charge >= 0.3 is 0 Å². The Kier molecular flexibility index (Phi) is 5.02. The number of rotatable bonds is 4. The van der Waals surface area contributed by atoms with Crippen molar-refractivity contribution in [3.8, 4) is 0 Å². The van der Waals surface area contributed by atoms with Gasteiger partial charge in [-0.3, -0.25) is 4.79 Å². The lowest BCUT2D eigenvalue weighted by Gasteiger charge is -2.30. The molecule has 1 fully saturated rings. The van der Waals surface area contributed by atoms with Gasteiger partial charge in [-0.2, -0.15) is 5.10 Å². The van der Waals surface area contributed by atoms with Crippen LogP contribution in [0.2, 0.25) is 0 Å². The van der Waals surface area contributed by atoms with Crippen molar-refractivity contribution in [1.82, 2.24) is 9.78 Å². The van der Waals surface area contributed by atoms with E-state index in [4.69, 9.17) is 0 Å². The monoisotopic (exact) mass is 327 g/mol. The first-order chi connectivity index (χ1) is 9.15. The minimum atomic E-state index is -0.0599. The molecular formula is C14H22BrN3O. The molecule has 2 atom stereocenters. The lowest BCUT2D eigenvalue weighted by Crippen LogP contribution is -2.29. The average molecular weight is 328 g/mol. The molecule has 0 aromatic carbocycles. The van der Waals surface area contributed by atoms with Crippen LogP contribution in [-0.2, 0) is 6.54 Å². The van der Waals surface area contributed by atoms with E-state index in [1.807, 2.05) is 6.92 Å². The van der Waals surface area contributed by atoms with Crippen LogP contribution in [0, 0.1) is 5.92 Å². The molecule has 0 bridgehead atoms. The van der Waals surface area contributed by atoms with Crippen LogP contribution >= 0.6 is 15.9 Å². The molecule has 5 heteroatoms. The summed E-state index contributed by atoms with van der Waals surface area (Å²) >= 11 is 3.40. The molecule has 1 saturated carbocycles. The fourth-order valence-corrected chi connectivity index (χ4v) is 3.23. The second-order valence-electron chi connectivity index (χ2n) is 5.28. The van der Waals surface area contributed by atoms with E-state index in [2.05, 4.69) is 33.3 Å². The molecule has 1 aliphatic carbocycles. The highest BCUT2D eigenvalue weighted by molar-refractivity contribution is 9.10. The third-order valence-electron chi connectivity index (χ3n) is 4.00. The minimum Gasteiger partial charge on any atom is -0.380 e. The quantitative estimate of drug-likeness (QED) is 0.921. The molecule has 0 spiro atoms. The van der Waals surface area contributed by atoms with Gasteiger partial charge in [0, 0.05) is 12.6 Å². The van der Waals surface area contributed by atoms with Crippen LogP contribution in [0.5, 0.6) is 0 Å². The summed E-state index contributed by atoms with van der Waals surface area (Å²) in [6.45, 7) is 4.77. The Morgan fingerprint density at radius 1 is 1.47 bits per heavy atom. The topological polar surface area (TPSA) is 46.9 Å². The first-order valence-corrected chi connectivity index (χ1v) is 7.97. The SMILES string of the molecule is CCC1CCCC(Nc2cnn(CC)c(=O)c2Br)C1. The molecule has 1 N–H and O–H groups in total. The lowest BCUT2D eigenvalue weighted by molar-refractivity contribution is 0.327. The van der Waals surface area contributed by atoms with E-state index < -0.39 is 0 Å². The van der Waals surface area contributed by atoms with E-state index in [0.29, 0.717) is 17.1 Å². The highest BCUT2D eigenvalue weighted by Crippen LogP contribution is 2.29. The molecule has 2 rings (SSSR count). The number of anilines is 1. The minimum absolute atomic E-state index is 0.0599. The van der Waals surface area contributed by atoms with E-state index >= 15 is 0 Å². The van der Waals surface area contributed by atoms with Crippen LogP contribution in [0.15, 0.2) is 15.5 Å². The van der Waals surface area contributed by atoms with Crippen molar-refractivity contribution < 1.29 is 0 Å². The summed E-state index contributed by atoms with van der Waals surface area (Å²) in [6, 6.07) is 0.466. The molecule has 0 aliphatic heterocycles. The van der Waals surface area contributed by atoms with Gasteiger partial charge < -0.3 is 5.32 Å². The van der Waals surface area contributed by atoms with Gasteiger partial charge in [0.1, 0.15) is 4.47 Å². The summed E-state index contributed by atoms with van der Waals surface area (Å²) in [7, 11) is 0. The zero-order valence-corrected chi connectivity index (χ0v) is 13.2. The zero-order valence-electron chi connectivity index (χ0n) is 11.7. The molecule has 1 heterocycles. The number of halogens is 1. The molecule has 1 aromatic rings. The van der Waals surface area contributed by atoms with Gasteiger partial charge in [-0.25, -0.2) is 4.68 Å². The highest BCUT2D eigenvalue weighted by atomic mass is 79.9. The number of nitrogens with one attached hydrogen (secondary N) is 1. The van der Waals surface area contributed by atoms with Crippen LogP contribution in [0.3, 0.4) is 0 Å². The molecule has 0 radical (unpaired) electrons. The lowest BCUT2D eigenvalue weighted by atomic mass is 9.84. The first kappa shape index (κ1) is 14.6. The van der Waals surface area contributed by atoms with Gasteiger partial charge in [0.2, 0.25) is 0 Å². The maximum Gasteiger partial charge on any atom is 0.283 e. The largest absolute Gasteiger partial charge is 0.380 e. The average Bonchev–Trinajstić information content (AvgIpc) is 2.44. The van der Waals surface area contributed by atoms with Crippen LogP contribution in [0.1, 0.15) is 46.0 Å². The zero-order chi connectivity index (χ0) is 13.8. The summed E-state index contributed by atoms with van der Waals surface area (Å²) < 4.78 is 2.06. The van der Waals surface area contributed by atoms with Crippen molar-refractivity contribution >= 4 is 21.6 Å². The third kappa shape index (κ3) is 3.38. The van der Waals surface area contributed by atoms with E-state index in [1.54, 1.807) is 6.20 Å². The number of nitrogens with zero attached hydrogens (tertiary/aromatic N) is 2. The summed E-state index contributed by atoms with van der Waals surface area (Å²) in [5, 5.41) is 7.66. The first-order valence-electron chi connectivity index (χ1n) is 7.17. The van der Waals surface area contributed by atoms with Gasteiger partial charge in [0.15, 0.2) is 0 Å². The van der Waals surface area contributed by atoms with E-state index in [0.717, 1.165) is 11.6 Å². The Labute approximate surface area is 122 Å². The standard InChI is InChI=1S/C14H22BrN3O/c1-3-10-6-5-7-11(8-10)17-12-9-16-18(4-2)14(19)13(12)15/h9-11,17H,3-8H2,1-2H3.